The predicted molar refractivity (Wildman–Crippen MR) is 255 cm³/mol. The standard InChI is InChI=1S/C28H56O2.C25H50O4/c1-3-5-7-9-11-13-15-16-18-20-22-24-26-27(28(29)30)25-23-21-19-17-14-12-10-8-6-4-2;1-2-3-4-5-6-7-8-9-10-11-12-13-14-15-16-17-18-19-20-21-25(28)29-23-24(27)22-26/h27H,3-26H2,1-2H3,(H,29,30);24,26-27H,2-23H2,1H3. The van der Waals surface area contributed by atoms with Crippen molar-refractivity contribution in [3.8, 4) is 0 Å². The molecule has 0 saturated carbocycles. The van der Waals surface area contributed by atoms with E-state index >= 15 is 0 Å². The molecule has 0 saturated heterocycles. The quantitative estimate of drug-likeness (QED) is 0.0416. The lowest BCUT2D eigenvalue weighted by Gasteiger charge is -2.12. The fraction of sp³-hybridized carbons (Fsp3) is 0.962. The Morgan fingerprint density at radius 1 is 0.390 bits per heavy atom. The highest BCUT2D eigenvalue weighted by molar-refractivity contribution is 5.70. The molecule has 2 unspecified atom stereocenters. The Bertz CT molecular complexity index is 803. The third-order valence-electron chi connectivity index (χ3n) is 12.3. The van der Waals surface area contributed by atoms with Crippen LogP contribution in [0.5, 0.6) is 0 Å². The van der Waals surface area contributed by atoms with E-state index in [9.17, 15) is 14.7 Å². The maximum atomic E-state index is 11.5. The Labute approximate surface area is 369 Å². The Morgan fingerprint density at radius 3 is 0.864 bits per heavy atom. The molecular formula is C53H106O6. The zero-order chi connectivity index (χ0) is 43.5. The van der Waals surface area contributed by atoms with Gasteiger partial charge < -0.3 is 20.1 Å². The van der Waals surface area contributed by atoms with Crippen LogP contribution in [-0.4, -0.2) is 46.6 Å². The van der Waals surface area contributed by atoms with Crippen LogP contribution in [0.15, 0.2) is 0 Å². The molecular weight excluding hydrogens is 733 g/mol. The van der Waals surface area contributed by atoms with Crippen molar-refractivity contribution >= 4 is 11.9 Å². The number of ether oxygens (including phenoxy) is 1. The second-order valence-electron chi connectivity index (χ2n) is 18.3. The van der Waals surface area contributed by atoms with E-state index in [-0.39, 0.29) is 25.1 Å². The van der Waals surface area contributed by atoms with Gasteiger partial charge in [-0.3, -0.25) is 9.59 Å². The zero-order valence-corrected chi connectivity index (χ0v) is 40.2. The van der Waals surface area contributed by atoms with E-state index in [1.165, 1.54) is 238 Å². The Balaban J connectivity index is 0. The van der Waals surface area contributed by atoms with Crippen LogP contribution in [0.25, 0.3) is 0 Å². The summed E-state index contributed by atoms with van der Waals surface area (Å²) in [4.78, 5) is 23.0. The second kappa shape index (κ2) is 53.0. The topological polar surface area (TPSA) is 104 Å². The summed E-state index contributed by atoms with van der Waals surface area (Å²) < 4.78 is 4.88. The predicted octanol–water partition coefficient (Wildman–Crippen LogP) is 16.8. The van der Waals surface area contributed by atoms with Crippen molar-refractivity contribution in [2.75, 3.05) is 13.2 Å². The van der Waals surface area contributed by atoms with Crippen molar-refractivity contribution in [1.82, 2.24) is 0 Å². The van der Waals surface area contributed by atoms with Gasteiger partial charge in [0.15, 0.2) is 0 Å². The molecule has 6 heteroatoms. The molecule has 59 heavy (non-hydrogen) atoms. The number of aliphatic carboxylic acids is 1. The summed E-state index contributed by atoms with van der Waals surface area (Å²) in [6, 6.07) is 0. The largest absolute Gasteiger partial charge is 0.481 e. The van der Waals surface area contributed by atoms with Gasteiger partial charge in [0.2, 0.25) is 0 Å². The summed E-state index contributed by atoms with van der Waals surface area (Å²) >= 11 is 0. The van der Waals surface area contributed by atoms with Crippen LogP contribution in [0.1, 0.15) is 303 Å². The maximum absolute atomic E-state index is 11.5. The highest BCUT2D eigenvalue weighted by atomic mass is 16.5. The van der Waals surface area contributed by atoms with Crippen molar-refractivity contribution in [3.05, 3.63) is 0 Å². The van der Waals surface area contributed by atoms with Crippen LogP contribution in [0.2, 0.25) is 0 Å². The first-order chi connectivity index (χ1) is 28.9. The van der Waals surface area contributed by atoms with Gasteiger partial charge in [-0.05, 0) is 19.3 Å². The van der Waals surface area contributed by atoms with Gasteiger partial charge in [-0.1, -0.05) is 278 Å². The van der Waals surface area contributed by atoms with E-state index in [0.717, 1.165) is 38.5 Å². The number of aliphatic hydroxyl groups excluding tert-OH is 2. The number of hydrogen-bond donors (Lipinski definition) is 3. The average Bonchev–Trinajstić information content (AvgIpc) is 3.23. The van der Waals surface area contributed by atoms with Crippen molar-refractivity contribution < 1.29 is 29.6 Å². The number of hydrogen-bond acceptors (Lipinski definition) is 5. The van der Waals surface area contributed by atoms with Gasteiger partial charge in [-0.25, -0.2) is 0 Å². The smallest absolute Gasteiger partial charge is 0.306 e. The van der Waals surface area contributed by atoms with Gasteiger partial charge >= 0.3 is 11.9 Å². The fourth-order valence-electron chi connectivity index (χ4n) is 8.16. The highest BCUT2D eigenvalue weighted by Gasteiger charge is 2.16. The molecule has 0 spiro atoms. The first kappa shape index (κ1) is 60.0. The molecule has 0 aromatic carbocycles. The molecule has 0 heterocycles. The number of unbranched alkanes of at least 4 members (excludes halogenated alkanes) is 38. The molecule has 354 valence electrons. The van der Waals surface area contributed by atoms with E-state index in [4.69, 9.17) is 14.9 Å². The van der Waals surface area contributed by atoms with Crippen LogP contribution in [0, 0.1) is 5.92 Å². The molecule has 0 aliphatic carbocycles. The minimum atomic E-state index is -0.955. The minimum Gasteiger partial charge on any atom is -0.481 e. The van der Waals surface area contributed by atoms with Crippen LogP contribution in [0.3, 0.4) is 0 Å². The van der Waals surface area contributed by atoms with Crippen LogP contribution in [-0.2, 0) is 14.3 Å². The van der Waals surface area contributed by atoms with Gasteiger partial charge in [-0.15, -0.1) is 0 Å². The summed E-state index contributed by atoms with van der Waals surface area (Å²) in [6.45, 7) is 6.35. The number of rotatable bonds is 48. The molecule has 0 amide bonds. The number of esters is 1. The summed E-state index contributed by atoms with van der Waals surface area (Å²) in [7, 11) is 0. The van der Waals surface area contributed by atoms with Crippen molar-refractivity contribution in [2.24, 2.45) is 5.92 Å². The van der Waals surface area contributed by atoms with Crippen LogP contribution >= 0.6 is 0 Å². The molecule has 0 fully saturated rings. The second-order valence-corrected chi connectivity index (χ2v) is 18.3. The van der Waals surface area contributed by atoms with Gasteiger partial charge in [0.25, 0.3) is 0 Å². The molecule has 0 aromatic rings. The molecule has 0 rings (SSSR count). The van der Waals surface area contributed by atoms with E-state index in [2.05, 4.69) is 20.8 Å². The molecule has 2 atom stereocenters. The summed E-state index contributed by atoms with van der Waals surface area (Å²) in [5, 5.41) is 27.3. The number of carbonyl (C=O) groups excluding carboxylic acids is 1. The number of carboxylic acid groups (broad SMARTS) is 1. The molecule has 0 aliphatic heterocycles. The fourth-order valence-corrected chi connectivity index (χ4v) is 8.16. The molecule has 6 nitrogen and oxygen atoms in total. The van der Waals surface area contributed by atoms with Gasteiger partial charge in [0.1, 0.15) is 12.7 Å². The SMILES string of the molecule is CCCCCCCCCCCCCCC(CCCCCCCCCCCC)C(=O)O.CCCCCCCCCCCCCCCCCCCCCC(=O)OCC(O)CO. The lowest BCUT2D eigenvalue weighted by molar-refractivity contribution is -0.147. The summed E-state index contributed by atoms with van der Waals surface area (Å²) in [5.41, 5.74) is 0. The number of carboxylic acids is 1. The lowest BCUT2D eigenvalue weighted by Crippen LogP contribution is -2.21. The summed E-state index contributed by atoms with van der Waals surface area (Å²) in [6.07, 6.45) is 56.0. The first-order valence-corrected chi connectivity index (χ1v) is 26.6. The first-order valence-electron chi connectivity index (χ1n) is 26.6. The van der Waals surface area contributed by atoms with Crippen molar-refractivity contribution in [1.29, 1.82) is 0 Å². The van der Waals surface area contributed by atoms with E-state index in [1.54, 1.807) is 0 Å². The lowest BCUT2D eigenvalue weighted by atomic mass is 9.94. The third-order valence-corrected chi connectivity index (χ3v) is 12.3. The van der Waals surface area contributed by atoms with Gasteiger partial charge in [0, 0.05) is 6.42 Å². The monoisotopic (exact) mass is 839 g/mol. The molecule has 0 bridgehead atoms. The Hall–Kier alpha value is -1.14. The van der Waals surface area contributed by atoms with E-state index in [0.29, 0.717) is 6.42 Å². The molecule has 0 radical (unpaired) electrons. The minimum absolute atomic E-state index is 0.0952. The third kappa shape index (κ3) is 52.9. The van der Waals surface area contributed by atoms with E-state index < -0.39 is 12.1 Å². The molecule has 3 N–H and O–H groups in total. The Kier molecular flexibility index (Phi) is 53.9. The van der Waals surface area contributed by atoms with Crippen LogP contribution < -0.4 is 0 Å². The van der Waals surface area contributed by atoms with E-state index in [1.807, 2.05) is 0 Å². The van der Waals surface area contributed by atoms with Gasteiger partial charge in [-0.2, -0.15) is 0 Å². The molecule has 0 aromatic heterocycles. The van der Waals surface area contributed by atoms with Crippen LogP contribution in [0.4, 0.5) is 0 Å². The Morgan fingerprint density at radius 2 is 0.627 bits per heavy atom. The number of carbonyl (C=O) groups is 2. The molecule has 0 aliphatic rings. The summed E-state index contributed by atoms with van der Waals surface area (Å²) in [5.74, 6) is -0.930. The van der Waals surface area contributed by atoms with Gasteiger partial charge in [0.05, 0.1) is 12.5 Å². The van der Waals surface area contributed by atoms with Crippen molar-refractivity contribution in [2.45, 2.75) is 309 Å². The normalized spacial score (nSPS) is 12.3. The maximum Gasteiger partial charge on any atom is 0.306 e. The highest BCUT2D eigenvalue weighted by Crippen LogP contribution is 2.21. The average molecular weight is 839 g/mol. The van der Waals surface area contributed by atoms with Crippen molar-refractivity contribution in [3.63, 3.8) is 0 Å². The number of aliphatic hydroxyl groups is 2. The zero-order valence-electron chi connectivity index (χ0n) is 40.2.